The number of ether oxygens (including phenoxy) is 1. The first-order valence-electron chi connectivity index (χ1n) is 7.23. The van der Waals surface area contributed by atoms with Gasteiger partial charge in [-0.1, -0.05) is 6.92 Å². The van der Waals surface area contributed by atoms with Crippen LogP contribution >= 0.6 is 0 Å². The van der Waals surface area contributed by atoms with Crippen molar-refractivity contribution in [1.82, 2.24) is 0 Å². The van der Waals surface area contributed by atoms with Crippen LogP contribution in [0.4, 0.5) is 0 Å². The molecule has 0 aromatic rings. The summed E-state index contributed by atoms with van der Waals surface area (Å²) in [7, 11) is 0. The Bertz CT molecular complexity index is 321. The molecule has 2 nitrogen and oxygen atoms in total. The molecule has 0 amide bonds. The van der Waals surface area contributed by atoms with E-state index >= 15 is 0 Å². The molecule has 1 aliphatic heterocycles. The summed E-state index contributed by atoms with van der Waals surface area (Å²) in [6.45, 7) is 8.87. The maximum atomic E-state index is 10.6. The molecule has 3 aliphatic rings. The number of aliphatic hydroxyl groups is 1. The van der Waals surface area contributed by atoms with E-state index in [4.69, 9.17) is 4.74 Å². The van der Waals surface area contributed by atoms with Gasteiger partial charge in [0.05, 0.1) is 17.3 Å². The van der Waals surface area contributed by atoms with E-state index in [9.17, 15) is 5.11 Å². The largest absolute Gasteiger partial charge is 0.390 e. The molecule has 1 N–H and O–H groups in total. The zero-order valence-corrected chi connectivity index (χ0v) is 11.6. The Hall–Kier alpha value is -0.0800. The van der Waals surface area contributed by atoms with Gasteiger partial charge in [0.25, 0.3) is 0 Å². The molecule has 3 fully saturated rings. The first kappa shape index (κ1) is 12.0. The highest BCUT2D eigenvalue weighted by Gasteiger charge is 2.60. The molecule has 3 rings (SSSR count). The topological polar surface area (TPSA) is 29.5 Å². The quantitative estimate of drug-likeness (QED) is 0.703. The fourth-order valence-corrected chi connectivity index (χ4v) is 4.91. The standard InChI is InChI=1S/C15H26O2/c1-9-5-6-11-12-10(7-8-15(11,4)16)14(2,3)17-13(9)12/h9-13,16H,5-8H2,1-4H3/t9-,10-,11-,12+,13+,15-/m0/s1. The zero-order valence-electron chi connectivity index (χ0n) is 11.6. The lowest BCUT2D eigenvalue weighted by Crippen LogP contribution is -2.52. The second-order valence-corrected chi connectivity index (χ2v) is 7.43. The van der Waals surface area contributed by atoms with Gasteiger partial charge in [-0.2, -0.15) is 0 Å². The van der Waals surface area contributed by atoms with Gasteiger partial charge >= 0.3 is 0 Å². The molecule has 0 radical (unpaired) electrons. The van der Waals surface area contributed by atoms with E-state index < -0.39 is 5.60 Å². The summed E-state index contributed by atoms with van der Waals surface area (Å²) in [4.78, 5) is 0. The van der Waals surface area contributed by atoms with Crippen molar-refractivity contribution in [3.8, 4) is 0 Å². The van der Waals surface area contributed by atoms with Crippen molar-refractivity contribution in [2.75, 3.05) is 0 Å². The molecule has 2 saturated carbocycles. The normalized spacial score (nSPS) is 56.6. The Balaban J connectivity index is 1.98. The van der Waals surface area contributed by atoms with Crippen LogP contribution in [0.1, 0.15) is 53.4 Å². The highest BCUT2D eigenvalue weighted by atomic mass is 16.5. The molecule has 1 heterocycles. The summed E-state index contributed by atoms with van der Waals surface area (Å²) in [5.41, 5.74) is -0.438. The third-order valence-electron chi connectivity index (χ3n) is 5.90. The summed E-state index contributed by atoms with van der Waals surface area (Å²) >= 11 is 0. The summed E-state index contributed by atoms with van der Waals surface area (Å²) in [6.07, 6.45) is 4.87. The van der Waals surface area contributed by atoms with Crippen LogP contribution in [0.3, 0.4) is 0 Å². The molecule has 98 valence electrons. The molecule has 17 heavy (non-hydrogen) atoms. The Labute approximate surface area is 105 Å². The molecule has 0 spiro atoms. The lowest BCUT2D eigenvalue weighted by Gasteiger charge is -2.50. The van der Waals surface area contributed by atoms with Crippen molar-refractivity contribution < 1.29 is 9.84 Å². The minimum atomic E-state index is -0.455. The number of hydrogen-bond donors (Lipinski definition) is 1. The first-order valence-corrected chi connectivity index (χ1v) is 7.23. The molecule has 1 saturated heterocycles. The van der Waals surface area contributed by atoms with Crippen molar-refractivity contribution in [3.63, 3.8) is 0 Å². The second kappa shape index (κ2) is 3.48. The lowest BCUT2D eigenvalue weighted by atomic mass is 9.56. The molecule has 0 aromatic heterocycles. The average molecular weight is 238 g/mol. The molecule has 2 aliphatic carbocycles. The van der Waals surface area contributed by atoms with Crippen LogP contribution in [0, 0.1) is 23.7 Å². The predicted octanol–water partition coefficient (Wildman–Crippen LogP) is 2.99. The van der Waals surface area contributed by atoms with E-state index in [0.29, 0.717) is 29.8 Å². The van der Waals surface area contributed by atoms with Crippen LogP contribution in [0.2, 0.25) is 0 Å². The van der Waals surface area contributed by atoms with Gasteiger partial charge < -0.3 is 9.84 Å². The van der Waals surface area contributed by atoms with Gasteiger partial charge in [-0.15, -0.1) is 0 Å². The second-order valence-electron chi connectivity index (χ2n) is 7.43. The SMILES string of the molecule is C[C@H]1CC[C@H]2[C@@H]3[C@@H]1OC(C)(C)[C@H]3CC[C@]2(C)O. The van der Waals surface area contributed by atoms with E-state index in [-0.39, 0.29) is 5.60 Å². The van der Waals surface area contributed by atoms with Crippen molar-refractivity contribution >= 4 is 0 Å². The average Bonchev–Trinajstić information content (AvgIpc) is 2.48. The van der Waals surface area contributed by atoms with Crippen LogP contribution in [0.25, 0.3) is 0 Å². The molecular weight excluding hydrogens is 212 g/mol. The van der Waals surface area contributed by atoms with E-state index in [1.54, 1.807) is 0 Å². The summed E-state index contributed by atoms with van der Waals surface area (Å²) in [6, 6.07) is 0. The van der Waals surface area contributed by atoms with Crippen LogP contribution < -0.4 is 0 Å². The molecule has 0 bridgehead atoms. The Morgan fingerprint density at radius 1 is 1.06 bits per heavy atom. The van der Waals surface area contributed by atoms with Crippen molar-refractivity contribution in [1.29, 1.82) is 0 Å². The molecule has 6 atom stereocenters. The van der Waals surface area contributed by atoms with Gasteiger partial charge in [-0.3, -0.25) is 0 Å². The van der Waals surface area contributed by atoms with Gasteiger partial charge in [0.15, 0.2) is 0 Å². The fraction of sp³-hybridized carbons (Fsp3) is 1.00. The Kier molecular flexibility index (Phi) is 2.45. The van der Waals surface area contributed by atoms with Crippen LogP contribution in [-0.2, 0) is 4.74 Å². The summed E-state index contributed by atoms with van der Waals surface area (Å²) in [5, 5.41) is 10.6. The fourth-order valence-electron chi connectivity index (χ4n) is 4.91. The highest BCUT2D eigenvalue weighted by molar-refractivity contribution is 5.09. The Morgan fingerprint density at radius 2 is 1.76 bits per heavy atom. The lowest BCUT2D eigenvalue weighted by molar-refractivity contribution is -0.111. The van der Waals surface area contributed by atoms with Gasteiger partial charge in [0.1, 0.15) is 0 Å². The van der Waals surface area contributed by atoms with Gasteiger partial charge in [0, 0.05) is 0 Å². The highest BCUT2D eigenvalue weighted by Crippen LogP contribution is 2.58. The molecule has 2 heteroatoms. The third-order valence-corrected chi connectivity index (χ3v) is 5.90. The smallest absolute Gasteiger partial charge is 0.0662 e. The summed E-state index contributed by atoms with van der Waals surface area (Å²) < 4.78 is 6.36. The first-order chi connectivity index (χ1) is 7.83. The van der Waals surface area contributed by atoms with Crippen molar-refractivity contribution in [3.05, 3.63) is 0 Å². The summed E-state index contributed by atoms with van der Waals surface area (Å²) in [5.74, 6) is 2.37. The minimum Gasteiger partial charge on any atom is -0.390 e. The maximum Gasteiger partial charge on any atom is 0.0662 e. The minimum absolute atomic E-state index is 0.0166. The molecule has 0 unspecified atom stereocenters. The van der Waals surface area contributed by atoms with Crippen molar-refractivity contribution in [2.24, 2.45) is 23.7 Å². The monoisotopic (exact) mass is 238 g/mol. The van der Waals surface area contributed by atoms with Gasteiger partial charge in [0.2, 0.25) is 0 Å². The Morgan fingerprint density at radius 3 is 2.47 bits per heavy atom. The van der Waals surface area contributed by atoms with E-state index in [0.717, 1.165) is 12.8 Å². The third kappa shape index (κ3) is 1.60. The maximum absolute atomic E-state index is 10.6. The van der Waals surface area contributed by atoms with E-state index in [2.05, 4.69) is 20.8 Å². The van der Waals surface area contributed by atoms with E-state index in [1.165, 1.54) is 12.8 Å². The zero-order chi connectivity index (χ0) is 12.4. The number of hydrogen-bond acceptors (Lipinski definition) is 2. The predicted molar refractivity (Wildman–Crippen MR) is 67.7 cm³/mol. The van der Waals surface area contributed by atoms with Crippen LogP contribution in [0.15, 0.2) is 0 Å². The van der Waals surface area contributed by atoms with E-state index in [1.807, 2.05) is 6.92 Å². The van der Waals surface area contributed by atoms with Crippen molar-refractivity contribution in [2.45, 2.75) is 70.7 Å². The number of rotatable bonds is 0. The van der Waals surface area contributed by atoms with Crippen LogP contribution in [-0.4, -0.2) is 22.4 Å². The van der Waals surface area contributed by atoms with Gasteiger partial charge in [-0.05, 0) is 70.1 Å². The van der Waals surface area contributed by atoms with Crippen LogP contribution in [0.5, 0.6) is 0 Å². The molecular formula is C15H26O2. The van der Waals surface area contributed by atoms with Gasteiger partial charge in [-0.25, -0.2) is 0 Å². The molecule has 0 aromatic carbocycles.